The molecule has 0 aromatic heterocycles. The summed E-state index contributed by atoms with van der Waals surface area (Å²) in [5, 5.41) is 3.65. The summed E-state index contributed by atoms with van der Waals surface area (Å²) in [6.45, 7) is 5.37. The van der Waals surface area contributed by atoms with Crippen molar-refractivity contribution in [2.24, 2.45) is 0 Å². The highest BCUT2D eigenvalue weighted by molar-refractivity contribution is 5.70. The summed E-state index contributed by atoms with van der Waals surface area (Å²) in [6, 6.07) is 21.8. The minimum absolute atomic E-state index is 0.0730. The number of nitrogens with zero attached hydrogens (tertiary/aromatic N) is 1. The zero-order valence-electron chi connectivity index (χ0n) is 15.8. The highest BCUT2D eigenvalue weighted by Gasteiger charge is 2.44. The first-order valence-corrected chi connectivity index (χ1v) is 9.28. The first kappa shape index (κ1) is 18.6. The van der Waals surface area contributed by atoms with Gasteiger partial charge >= 0.3 is 5.97 Å². The smallest absolute Gasteiger partial charge is 0.307 e. The molecule has 1 fully saturated rings. The number of hydrogen-bond acceptors (Lipinski definition) is 4. The molecule has 0 saturated carbocycles. The quantitative estimate of drug-likeness (QED) is 0.581. The van der Waals surface area contributed by atoms with Crippen molar-refractivity contribution in [1.82, 2.24) is 10.2 Å². The highest BCUT2D eigenvalue weighted by atomic mass is 16.5. The van der Waals surface area contributed by atoms with Crippen molar-refractivity contribution in [2.45, 2.75) is 44.4 Å². The Bertz CT molecular complexity index is 705. The van der Waals surface area contributed by atoms with E-state index in [0.717, 1.165) is 6.54 Å². The minimum atomic E-state index is -0.165. The maximum atomic E-state index is 11.9. The van der Waals surface area contributed by atoms with E-state index in [4.69, 9.17) is 4.74 Å². The number of carbonyl (C=O) groups is 1. The Hall–Kier alpha value is -2.17. The average Bonchev–Trinajstić information content (AvgIpc) is 3.49. The van der Waals surface area contributed by atoms with Crippen LogP contribution in [0.2, 0.25) is 0 Å². The number of esters is 1. The number of benzene rings is 2. The van der Waals surface area contributed by atoms with Gasteiger partial charge in [-0.25, -0.2) is 0 Å². The van der Waals surface area contributed by atoms with E-state index in [1.54, 1.807) is 0 Å². The molecular formula is C22H28N2O2. The van der Waals surface area contributed by atoms with E-state index in [1.165, 1.54) is 18.2 Å². The second-order valence-corrected chi connectivity index (χ2v) is 7.04. The number of methoxy groups -OCH3 is 1. The van der Waals surface area contributed by atoms with Gasteiger partial charge < -0.3 is 10.1 Å². The van der Waals surface area contributed by atoms with Gasteiger partial charge in [-0.2, -0.15) is 0 Å². The number of ether oxygens (including phenoxy) is 1. The number of nitrogens with one attached hydrogen (secondary N) is 1. The lowest BCUT2D eigenvalue weighted by Gasteiger charge is -2.24. The van der Waals surface area contributed by atoms with Gasteiger partial charge in [0.15, 0.2) is 0 Å². The summed E-state index contributed by atoms with van der Waals surface area (Å²) < 4.78 is 4.93. The molecule has 138 valence electrons. The van der Waals surface area contributed by atoms with E-state index in [1.807, 2.05) is 24.3 Å². The first-order valence-electron chi connectivity index (χ1n) is 9.28. The lowest BCUT2D eigenvalue weighted by Crippen LogP contribution is -2.39. The summed E-state index contributed by atoms with van der Waals surface area (Å²) in [4.78, 5) is 14.4. The maximum absolute atomic E-state index is 11.9. The van der Waals surface area contributed by atoms with Crippen LogP contribution in [0.15, 0.2) is 60.7 Å². The Balaban J connectivity index is 1.68. The molecule has 4 heteroatoms. The fraction of sp³-hybridized carbons (Fsp3) is 0.409. The van der Waals surface area contributed by atoms with Crippen LogP contribution >= 0.6 is 0 Å². The van der Waals surface area contributed by atoms with Gasteiger partial charge in [0, 0.05) is 30.7 Å². The topological polar surface area (TPSA) is 41.3 Å². The van der Waals surface area contributed by atoms with Crippen molar-refractivity contribution in [3.63, 3.8) is 0 Å². The van der Waals surface area contributed by atoms with Crippen LogP contribution in [0, 0.1) is 0 Å². The monoisotopic (exact) mass is 352 g/mol. The summed E-state index contributed by atoms with van der Waals surface area (Å²) in [7, 11) is 1.46. The average molecular weight is 352 g/mol. The van der Waals surface area contributed by atoms with Crippen molar-refractivity contribution in [3.8, 4) is 0 Å². The molecule has 2 aromatic rings. The van der Waals surface area contributed by atoms with Crippen molar-refractivity contribution < 1.29 is 9.53 Å². The highest BCUT2D eigenvalue weighted by Crippen LogP contribution is 2.35. The molecular weight excluding hydrogens is 324 g/mol. The van der Waals surface area contributed by atoms with Crippen molar-refractivity contribution in [1.29, 1.82) is 0 Å². The van der Waals surface area contributed by atoms with Crippen molar-refractivity contribution in [2.75, 3.05) is 13.7 Å². The van der Waals surface area contributed by atoms with Gasteiger partial charge in [-0.3, -0.25) is 9.69 Å². The zero-order valence-corrected chi connectivity index (χ0v) is 15.8. The Morgan fingerprint density at radius 1 is 1.08 bits per heavy atom. The molecule has 26 heavy (non-hydrogen) atoms. The summed E-state index contributed by atoms with van der Waals surface area (Å²) in [6.07, 6.45) is 0.385. The molecule has 0 spiro atoms. The van der Waals surface area contributed by atoms with Crippen LogP contribution in [0.4, 0.5) is 0 Å². The summed E-state index contributed by atoms with van der Waals surface area (Å²) in [5.74, 6) is -0.165. The molecule has 1 saturated heterocycles. The van der Waals surface area contributed by atoms with Gasteiger partial charge in [-0.15, -0.1) is 0 Å². The van der Waals surface area contributed by atoms with Crippen LogP contribution in [0.5, 0.6) is 0 Å². The number of hydrogen-bond donors (Lipinski definition) is 1. The summed E-state index contributed by atoms with van der Waals surface area (Å²) in [5.41, 5.74) is 2.54. The van der Waals surface area contributed by atoms with Gasteiger partial charge in [-0.1, -0.05) is 60.7 Å². The van der Waals surface area contributed by atoms with Gasteiger partial charge in [-0.05, 0) is 25.0 Å². The van der Waals surface area contributed by atoms with Gasteiger partial charge in [0.05, 0.1) is 13.5 Å². The largest absolute Gasteiger partial charge is 0.469 e. The molecule has 0 bridgehead atoms. The predicted octanol–water partition coefficient (Wildman–Crippen LogP) is 3.71. The molecule has 0 radical (unpaired) electrons. The van der Waals surface area contributed by atoms with Crippen LogP contribution in [0.3, 0.4) is 0 Å². The van der Waals surface area contributed by atoms with E-state index in [0.29, 0.717) is 18.5 Å². The molecule has 1 heterocycles. The fourth-order valence-corrected chi connectivity index (χ4v) is 3.62. The third-order valence-corrected chi connectivity index (χ3v) is 5.31. The van der Waals surface area contributed by atoms with E-state index < -0.39 is 0 Å². The molecule has 3 rings (SSSR count). The summed E-state index contributed by atoms with van der Waals surface area (Å²) >= 11 is 0. The van der Waals surface area contributed by atoms with Crippen LogP contribution in [0.1, 0.15) is 43.5 Å². The molecule has 0 amide bonds. The second-order valence-electron chi connectivity index (χ2n) is 7.04. The predicted molar refractivity (Wildman–Crippen MR) is 104 cm³/mol. The molecule has 1 aliphatic rings. The molecule has 2 aromatic carbocycles. The van der Waals surface area contributed by atoms with Gasteiger partial charge in [0.1, 0.15) is 0 Å². The van der Waals surface area contributed by atoms with Crippen LogP contribution in [-0.2, 0) is 9.53 Å². The van der Waals surface area contributed by atoms with Crippen LogP contribution < -0.4 is 5.32 Å². The fourth-order valence-electron chi connectivity index (χ4n) is 3.62. The SMILES string of the molecule is COC(=O)C[C@H](N[C@@H](C)c1ccccc1)[C@@H]1CN1[C@H](C)c1ccccc1. The molecule has 1 unspecified atom stereocenters. The van der Waals surface area contributed by atoms with Crippen molar-refractivity contribution >= 4 is 5.97 Å². The van der Waals surface area contributed by atoms with E-state index in [2.05, 4.69) is 60.5 Å². The van der Waals surface area contributed by atoms with Gasteiger partial charge in [0.25, 0.3) is 0 Å². The number of carbonyl (C=O) groups excluding carboxylic acids is 1. The van der Waals surface area contributed by atoms with Crippen molar-refractivity contribution in [3.05, 3.63) is 71.8 Å². The Morgan fingerprint density at radius 2 is 1.65 bits per heavy atom. The normalized spacial score (nSPS) is 22.3. The Morgan fingerprint density at radius 3 is 2.23 bits per heavy atom. The third kappa shape index (κ3) is 4.51. The lowest BCUT2D eigenvalue weighted by atomic mass is 10.0. The molecule has 1 aliphatic heterocycles. The standard InChI is InChI=1S/C22H28N2O2/c1-16(18-10-6-4-7-11-18)23-20(14-22(25)26-3)21-15-24(21)17(2)19-12-8-5-9-13-19/h4-13,16-17,20-21,23H,14-15H2,1-3H3/t16-,17+,20-,21-,24?/m0/s1. The zero-order chi connectivity index (χ0) is 18.5. The third-order valence-electron chi connectivity index (χ3n) is 5.31. The van der Waals surface area contributed by atoms with Crippen LogP contribution in [0.25, 0.3) is 0 Å². The molecule has 0 aliphatic carbocycles. The maximum Gasteiger partial charge on any atom is 0.307 e. The van der Waals surface area contributed by atoms with E-state index in [-0.39, 0.29) is 18.1 Å². The number of rotatable bonds is 8. The van der Waals surface area contributed by atoms with E-state index in [9.17, 15) is 4.79 Å². The van der Waals surface area contributed by atoms with E-state index >= 15 is 0 Å². The Kier molecular flexibility index (Phi) is 6.07. The molecule has 4 nitrogen and oxygen atoms in total. The Labute approximate surface area is 156 Å². The first-order chi connectivity index (χ1) is 12.6. The second kappa shape index (κ2) is 8.47. The molecule has 1 N–H and O–H groups in total. The van der Waals surface area contributed by atoms with Gasteiger partial charge in [0.2, 0.25) is 0 Å². The van der Waals surface area contributed by atoms with Crippen LogP contribution in [-0.4, -0.2) is 36.6 Å². The lowest BCUT2D eigenvalue weighted by molar-refractivity contribution is -0.141. The minimum Gasteiger partial charge on any atom is -0.469 e. The molecule has 5 atom stereocenters.